The summed E-state index contributed by atoms with van der Waals surface area (Å²) >= 11 is 0. The molecule has 0 radical (unpaired) electrons. The predicted octanol–water partition coefficient (Wildman–Crippen LogP) is -0.999. The summed E-state index contributed by atoms with van der Waals surface area (Å²) in [6, 6.07) is 0. The smallest absolute Gasteiger partial charge is 0.105 e. The average Bonchev–Trinajstić information content (AvgIpc) is 1.89. The van der Waals surface area contributed by atoms with Crippen molar-refractivity contribution in [2.24, 2.45) is 0 Å². The average molecular weight is 150 g/mol. The number of hydrogen-bond donors (Lipinski definition) is 2. The molecule has 0 heterocycles. The minimum absolute atomic E-state index is 0.129. The summed E-state index contributed by atoms with van der Waals surface area (Å²) in [7, 11) is 2.92. The number of aliphatic hydroxyl groups is 2. The van der Waals surface area contributed by atoms with Crippen molar-refractivity contribution in [3.05, 3.63) is 0 Å². The Labute approximate surface area is 60.4 Å². The Hall–Kier alpha value is -0.160. The van der Waals surface area contributed by atoms with E-state index in [1.165, 1.54) is 14.2 Å². The van der Waals surface area contributed by atoms with Gasteiger partial charge in [0.15, 0.2) is 0 Å². The fourth-order valence-corrected chi connectivity index (χ4v) is 0.564. The molecule has 0 amide bonds. The molecule has 4 heteroatoms. The molecule has 0 saturated carbocycles. The summed E-state index contributed by atoms with van der Waals surface area (Å²) in [5.41, 5.74) is 0. The molecule has 0 aromatic rings. The first-order valence-electron chi connectivity index (χ1n) is 3.06. The zero-order valence-electron chi connectivity index (χ0n) is 6.28. The molecular formula is C6H14O4. The number of ether oxygens (including phenoxy) is 2. The highest BCUT2D eigenvalue weighted by Gasteiger charge is 2.14. The van der Waals surface area contributed by atoms with E-state index in [1.54, 1.807) is 0 Å². The SMILES string of the molecule is COCC(O)C(O)COC. The van der Waals surface area contributed by atoms with Crippen molar-refractivity contribution < 1.29 is 19.7 Å². The Kier molecular flexibility index (Phi) is 5.52. The van der Waals surface area contributed by atoms with Gasteiger partial charge in [0, 0.05) is 14.2 Å². The first-order chi connectivity index (χ1) is 4.72. The quantitative estimate of drug-likeness (QED) is 0.528. The van der Waals surface area contributed by atoms with E-state index < -0.39 is 12.2 Å². The van der Waals surface area contributed by atoms with Gasteiger partial charge in [-0.3, -0.25) is 0 Å². The van der Waals surface area contributed by atoms with E-state index in [0.29, 0.717) is 0 Å². The Morgan fingerprint density at radius 2 is 1.30 bits per heavy atom. The van der Waals surface area contributed by atoms with E-state index in [9.17, 15) is 0 Å². The van der Waals surface area contributed by atoms with Crippen molar-refractivity contribution in [1.82, 2.24) is 0 Å². The zero-order chi connectivity index (χ0) is 7.98. The Bertz CT molecular complexity index is 66.1. The van der Waals surface area contributed by atoms with Gasteiger partial charge >= 0.3 is 0 Å². The Morgan fingerprint density at radius 3 is 1.50 bits per heavy atom. The van der Waals surface area contributed by atoms with Gasteiger partial charge in [-0.05, 0) is 0 Å². The largest absolute Gasteiger partial charge is 0.388 e. The summed E-state index contributed by atoms with van der Waals surface area (Å²) < 4.78 is 9.21. The summed E-state index contributed by atoms with van der Waals surface area (Å²) in [5.74, 6) is 0. The molecule has 2 atom stereocenters. The third-order valence-electron chi connectivity index (χ3n) is 1.12. The van der Waals surface area contributed by atoms with E-state index in [1.807, 2.05) is 0 Å². The monoisotopic (exact) mass is 150 g/mol. The second kappa shape index (κ2) is 5.61. The van der Waals surface area contributed by atoms with Crippen LogP contribution in [0.4, 0.5) is 0 Å². The molecule has 10 heavy (non-hydrogen) atoms. The van der Waals surface area contributed by atoms with Crippen molar-refractivity contribution in [1.29, 1.82) is 0 Å². The molecule has 0 spiro atoms. The van der Waals surface area contributed by atoms with Crippen LogP contribution in [0.15, 0.2) is 0 Å². The van der Waals surface area contributed by atoms with Gasteiger partial charge in [-0.2, -0.15) is 0 Å². The second-order valence-electron chi connectivity index (χ2n) is 2.05. The van der Waals surface area contributed by atoms with Gasteiger partial charge in [-0.25, -0.2) is 0 Å². The second-order valence-corrected chi connectivity index (χ2v) is 2.05. The van der Waals surface area contributed by atoms with Crippen LogP contribution in [0.3, 0.4) is 0 Å². The van der Waals surface area contributed by atoms with Crippen LogP contribution in [0.2, 0.25) is 0 Å². The van der Waals surface area contributed by atoms with Crippen molar-refractivity contribution in [2.75, 3.05) is 27.4 Å². The number of methoxy groups -OCH3 is 2. The number of rotatable bonds is 5. The fraction of sp³-hybridized carbons (Fsp3) is 1.00. The predicted molar refractivity (Wildman–Crippen MR) is 35.8 cm³/mol. The third kappa shape index (κ3) is 3.79. The maximum absolute atomic E-state index is 8.99. The molecule has 0 aliphatic carbocycles. The van der Waals surface area contributed by atoms with E-state index >= 15 is 0 Å². The van der Waals surface area contributed by atoms with Crippen molar-refractivity contribution in [3.8, 4) is 0 Å². The molecule has 2 N–H and O–H groups in total. The highest BCUT2D eigenvalue weighted by atomic mass is 16.5. The van der Waals surface area contributed by atoms with E-state index in [-0.39, 0.29) is 13.2 Å². The third-order valence-corrected chi connectivity index (χ3v) is 1.12. The lowest BCUT2D eigenvalue weighted by atomic mass is 10.2. The normalized spacial score (nSPS) is 16.8. The van der Waals surface area contributed by atoms with Crippen molar-refractivity contribution >= 4 is 0 Å². The van der Waals surface area contributed by atoms with Crippen LogP contribution in [0.5, 0.6) is 0 Å². The molecule has 0 aliphatic heterocycles. The summed E-state index contributed by atoms with van der Waals surface area (Å²) in [6.45, 7) is 0.259. The van der Waals surface area contributed by atoms with E-state index in [4.69, 9.17) is 10.2 Å². The highest BCUT2D eigenvalue weighted by Crippen LogP contribution is 1.93. The van der Waals surface area contributed by atoms with Gasteiger partial charge in [-0.1, -0.05) is 0 Å². The van der Waals surface area contributed by atoms with E-state index in [2.05, 4.69) is 9.47 Å². The van der Waals surface area contributed by atoms with Crippen molar-refractivity contribution in [2.45, 2.75) is 12.2 Å². The molecule has 0 rings (SSSR count). The van der Waals surface area contributed by atoms with Gasteiger partial charge in [-0.15, -0.1) is 0 Å². The van der Waals surface area contributed by atoms with Gasteiger partial charge in [0.25, 0.3) is 0 Å². The van der Waals surface area contributed by atoms with E-state index in [0.717, 1.165) is 0 Å². The van der Waals surface area contributed by atoms with Crippen LogP contribution in [0.1, 0.15) is 0 Å². The molecule has 0 aromatic heterocycles. The lowest BCUT2D eigenvalue weighted by Gasteiger charge is -2.15. The lowest BCUT2D eigenvalue weighted by molar-refractivity contribution is -0.0555. The van der Waals surface area contributed by atoms with Gasteiger partial charge in [0.05, 0.1) is 13.2 Å². The molecule has 62 valence electrons. The zero-order valence-corrected chi connectivity index (χ0v) is 6.28. The first-order valence-corrected chi connectivity index (χ1v) is 3.06. The number of aliphatic hydroxyl groups excluding tert-OH is 2. The molecule has 0 aliphatic rings. The standard InChI is InChI=1S/C6H14O4/c1-9-3-5(7)6(8)4-10-2/h5-8H,3-4H2,1-2H3. The number of hydrogen-bond acceptors (Lipinski definition) is 4. The van der Waals surface area contributed by atoms with Crippen LogP contribution >= 0.6 is 0 Å². The topological polar surface area (TPSA) is 58.9 Å². The van der Waals surface area contributed by atoms with Gasteiger partial charge in [0.2, 0.25) is 0 Å². The van der Waals surface area contributed by atoms with Crippen LogP contribution in [0, 0.1) is 0 Å². The first kappa shape index (κ1) is 9.84. The van der Waals surface area contributed by atoms with Crippen molar-refractivity contribution in [3.63, 3.8) is 0 Å². The van der Waals surface area contributed by atoms with Crippen LogP contribution < -0.4 is 0 Å². The van der Waals surface area contributed by atoms with Gasteiger partial charge < -0.3 is 19.7 Å². The molecule has 0 bridgehead atoms. The molecule has 2 unspecified atom stereocenters. The fourth-order valence-electron chi connectivity index (χ4n) is 0.564. The maximum Gasteiger partial charge on any atom is 0.105 e. The van der Waals surface area contributed by atoms with Crippen LogP contribution in [-0.4, -0.2) is 49.9 Å². The summed E-state index contributed by atoms with van der Waals surface area (Å²) in [5, 5.41) is 18.0. The molecular weight excluding hydrogens is 136 g/mol. The maximum atomic E-state index is 8.99. The van der Waals surface area contributed by atoms with Crippen LogP contribution in [0.25, 0.3) is 0 Å². The Balaban J connectivity index is 3.38. The minimum atomic E-state index is -0.857. The molecule has 0 fully saturated rings. The van der Waals surface area contributed by atoms with Gasteiger partial charge in [0.1, 0.15) is 12.2 Å². The highest BCUT2D eigenvalue weighted by molar-refractivity contribution is 4.64. The summed E-state index contributed by atoms with van der Waals surface area (Å²) in [6.07, 6.45) is -1.71. The molecule has 0 saturated heterocycles. The lowest BCUT2D eigenvalue weighted by Crippen LogP contribution is -2.33. The van der Waals surface area contributed by atoms with Crippen LogP contribution in [-0.2, 0) is 9.47 Å². The molecule has 0 aromatic carbocycles. The summed E-state index contributed by atoms with van der Waals surface area (Å²) in [4.78, 5) is 0. The Morgan fingerprint density at radius 1 is 1.00 bits per heavy atom. The molecule has 4 nitrogen and oxygen atoms in total. The minimum Gasteiger partial charge on any atom is -0.388 e.